The van der Waals surface area contributed by atoms with Crippen LogP contribution in [0.2, 0.25) is 0 Å². The number of carbonyl (C=O) groups is 1. The van der Waals surface area contributed by atoms with Crippen LogP contribution >= 0.6 is 0 Å². The monoisotopic (exact) mass is 223 g/mol. The summed E-state index contributed by atoms with van der Waals surface area (Å²) in [4.78, 5) is 11.1. The number of carbonyl (C=O) groups excluding carboxylic acids is 1. The van der Waals surface area contributed by atoms with Gasteiger partial charge >= 0.3 is 6.03 Å². The van der Waals surface area contributed by atoms with Crippen molar-refractivity contribution in [3.05, 3.63) is 23.8 Å². The second-order valence-corrected chi connectivity index (χ2v) is 3.29. The van der Waals surface area contributed by atoms with E-state index in [0.29, 0.717) is 24.5 Å². The Hall–Kier alpha value is -1.91. The van der Waals surface area contributed by atoms with E-state index in [1.54, 1.807) is 19.2 Å². The lowest BCUT2D eigenvalue weighted by atomic mass is 10.2. The van der Waals surface area contributed by atoms with Gasteiger partial charge in [-0.15, -0.1) is 0 Å². The fourth-order valence-corrected chi connectivity index (χ4v) is 1.30. The van der Waals surface area contributed by atoms with E-state index in [0.717, 1.165) is 5.56 Å². The standard InChI is InChI=1S/C11H17N3O2/c1-3-13-11(15)14-7-8-4-5-10(16-2)9(12)6-8/h4-6H,3,7,12H2,1-2H3,(H2,13,14,15). The summed E-state index contributed by atoms with van der Waals surface area (Å²) in [6.45, 7) is 2.92. The lowest BCUT2D eigenvalue weighted by molar-refractivity contribution is 0.241. The normalized spacial score (nSPS) is 9.62. The van der Waals surface area contributed by atoms with Crippen molar-refractivity contribution < 1.29 is 9.53 Å². The van der Waals surface area contributed by atoms with Gasteiger partial charge < -0.3 is 21.1 Å². The summed E-state index contributed by atoms with van der Waals surface area (Å²) in [5.74, 6) is 0.641. The molecule has 0 saturated heterocycles. The molecule has 0 unspecified atom stereocenters. The second kappa shape index (κ2) is 5.85. The topological polar surface area (TPSA) is 76.4 Å². The molecule has 4 N–H and O–H groups in total. The van der Waals surface area contributed by atoms with Crippen molar-refractivity contribution in [1.29, 1.82) is 0 Å². The van der Waals surface area contributed by atoms with Gasteiger partial charge in [-0.1, -0.05) is 6.07 Å². The number of amides is 2. The highest BCUT2D eigenvalue weighted by atomic mass is 16.5. The third kappa shape index (κ3) is 3.34. The third-order valence-corrected chi connectivity index (χ3v) is 2.08. The number of hydrogen-bond donors (Lipinski definition) is 3. The molecule has 0 heterocycles. The number of nitrogens with one attached hydrogen (secondary N) is 2. The predicted molar refractivity (Wildman–Crippen MR) is 63.3 cm³/mol. The highest BCUT2D eigenvalue weighted by molar-refractivity contribution is 5.73. The molecule has 0 atom stereocenters. The first-order chi connectivity index (χ1) is 7.67. The Morgan fingerprint density at radius 1 is 1.44 bits per heavy atom. The average Bonchev–Trinajstić information content (AvgIpc) is 2.27. The third-order valence-electron chi connectivity index (χ3n) is 2.08. The smallest absolute Gasteiger partial charge is 0.315 e. The van der Waals surface area contributed by atoms with Gasteiger partial charge in [-0.25, -0.2) is 4.79 Å². The van der Waals surface area contributed by atoms with Gasteiger partial charge in [-0.3, -0.25) is 0 Å². The van der Waals surface area contributed by atoms with E-state index in [-0.39, 0.29) is 6.03 Å². The molecule has 0 fully saturated rings. The number of methoxy groups -OCH3 is 1. The molecule has 0 bridgehead atoms. The average molecular weight is 223 g/mol. The molecule has 5 nitrogen and oxygen atoms in total. The summed E-state index contributed by atoms with van der Waals surface area (Å²) in [5.41, 5.74) is 7.25. The molecule has 0 spiro atoms. The van der Waals surface area contributed by atoms with Crippen LogP contribution in [0.4, 0.5) is 10.5 Å². The maximum atomic E-state index is 11.1. The van der Waals surface area contributed by atoms with E-state index in [1.807, 2.05) is 13.0 Å². The van der Waals surface area contributed by atoms with Crippen LogP contribution < -0.4 is 21.1 Å². The van der Waals surface area contributed by atoms with E-state index in [4.69, 9.17) is 10.5 Å². The molecule has 1 rings (SSSR count). The van der Waals surface area contributed by atoms with Gasteiger partial charge in [0.25, 0.3) is 0 Å². The number of urea groups is 1. The second-order valence-electron chi connectivity index (χ2n) is 3.29. The number of rotatable bonds is 4. The molecule has 1 aromatic carbocycles. The minimum atomic E-state index is -0.183. The summed E-state index contributed by atoms with van der Waals surface area (Å²) in [6.07, 6.45) is 0. The zero-order valence-electron chi connectivity index (χ0n) is 9.54. The van der Waals surface area contributed by atoms with Crippen LogP contribution in [-0.2, 0) is 6.54 Å². The van der Waals surface area contributed by atoms with Crippen molar-refractivity contribution in [2.45, 2.75) is 13.5 Å². The quantitative estimate of drug-likeness (QED) is 0.669. The SMILES string of the molecule is CCNC(=O)NCc1ccc(OC)c(N)c1. The largest absolute Gasteiger partial charge is 0.495 e. The number of hydrogen-bond acceptors (Lipinski definition) is 3. The van der Waals surface area contributed by atoms with Gasteiger partial charge in [0.05, 0.1) is 12.8 Å². The number of nitrogens with two attached hydrogens (primary N) is 1. The molecule has 0 aromatic heterocycles. The minimum absolute atomic E-state index is 0.183. The first-order valence-corrected chi connectivity index (χ1v) is 5.11. The van der Waals surface area contributed by atoms with Gasteiger partial charge in [-0.05, 0) is 24.6 Å². The van der Waals surface area contributed by atoms with Crippen LogP contribution in [0, 0.1) is 0 Å². The Kier molecular flexibility index (Phi) is 4.44. The number of anilines is 1. The van der Waals surface area contributed by atoms with E-state index in [2.05, 4.69) is 10.6 Å². The molecule has 88 valence electrons. The molecule has 0 aliphatic rings. The lowest BCUT2D eigenvalue weighted by Crippen LogP contribution is -2.34. The fourth-order valence-electron chi connectivity index (χ4n) is 1.30. The summed E-state index contributed by atoms with van der Waals surface area (Å²) < 4.78 is 5.04. The molecule has 0 aliphatic heterocycles. The highest BCUT2D eigenvalue weighted by Crippen LogP contribution is 2.21. The molecule has 0 saturated carbocycles. The first kappa shape index (κ1) is 12.2. The van der Waals surface area contributed by atoms with Gasteiger partial charge in [0.2, 0.25) is 0 Å². The number of nitrogen functional groups attached to an aromatic ring is 1. The van der Waals surface area contributed by atoms with Crippen LogP contribution in [0.25, 0.3) is 0 Å². The zero-order chi connectivity index (χ0) is 12.0. The summed E-state index contributed by atoms with van der Waals surface area (Å²) in [6, 6.07) is 5.24. The predicted octanol–water partition coefficient (Wildman–Crippen LogP) is 1.10. The molecule has 0 aliphatic carbocycles. The Bertz CT molecular complexity index is 366. The van der Waals surface area contributed by atoms with Gasteiger partial charge in [0.1, 0.15) is 5.75 Å². The molecule has 2 amide bonds. The van der Waals surface area contributed by atoms with Crippen LogP contribution in [0.5, 0.6) is 5.75 Å². The van der Waals surface area contributed by atoms with Crippen molar-refractivity contribution in [3.8, 4) is 5.75 Å². The summed E-state index contributed by atoms with van der Waals surface area (Å²) >= 11 is 0. The van der Waals surface area contributed by atoms with Crippen LogP contribution in [0.1, 0.15) is 12.5 Å². The Labute approximate surface area is 95.0 Å². The minimum Gasteiger partial charge on any atom is -0.495 e. The van der Waals surface area contributed by atoms with E-state index in [9.17, 15) is 4.79 Å². The van der Waals surface area contributed by atoms with Crippen molar-refractivity contribution >= 4 is 11.7 Å². The Morgan fingerprint density at radius 2 is 2.19 bits per heavy atom. The lowest BCUT2D eigenvalue weighted by Gasteiger charge is -2.08. The van der Waals surface area contributed by atoms with Gasteiger partial charge in [0, 0.05) is 13.1 Å². The van der Waals surface area contributed by atoms with Crippen LogP contribution in [-0.4, -0.2) is 19.7 Å². The van der Waals surface area contributed by atoms with E-state index < -0.39 is 0 Å². The van der Waals surface area contributed by atoms with Crippen molar-refractivity contribution in [2.24, 2.45) is 0 Å². The maximum Gasteiger partial charge on any atom is 0.315 e. The van der Waals surface area contributed by atoms with Gasteiger partial charge in [-0.2, -0.15) is 0 Å². The van der Waals surface area contributed by atoms with Gasteiger partial charge in [0.15, 0.2) is 0 Å². The summed E-state index contributed by atoms with van der Waals surface area (Å²) in [7, 11) is 1.57. The Balaban J connectivity index is 2.55. The molecule has 1 aromatic rings. The zero-order valence-corrected chi connectivity index (χ0v) is 9.54. The fraction of sp³-hybridized carbons (Fsp3) is 0.364. The molecular formula is C11H17N3O2. The molecule has 16 heavy (non-hydrogen) atoms. The van der Waals surface area contributed by atoms with Crippen molar-refractivity contribution in [1.82, 2.24) is 10.6 Å². The van der Waals surface area contributed by atoms with E-state index >= 15 is 0 Å². The van der Waals surface area contributed by atoms with E-state index in [1.165, 1.54) is 0 Å². The van der Waals surface area contributed by atoms with Crippen molar-refractivity contribution in [2.75, 3.05) is 19.4 Å². The van der Waals surface area contributed by atoms with Crippen LogP contribution in [0.15, 0.2) is 18.2 Å². The number of benzene rings is 1. The Morgan fingerprint density at radius 3 is 2.75 bits per heavy atom. The molecule has 0 radical (unpaired) electrons. The molecular weight excluding hydrogens is 206 g/mol. The first-order valence-electron chi connectivity index (χ1n) is 5.11. The van der Waals surface area contributed by atoms with Crippen molar-refractivity contribution in [3.63, 3.8) is 0 Å². The van der Waals surface area contributed by atoms with Crippen LogP contribution in [0.3, 0.4) is 0 Å². The number of ether oxygens (including phenoxy) is 1. The maximum absolute atomic E-state index is 11.1. The summed E-state index contributed by atoms with van der Waals surface area (Å²) in [5, 5.41) is 5.37. The molecule has 5 heteroatoms. The highest BCUT2D eigenvalue weighted by Gasteiger charge is 2.02.